The molecule has 0 saturated carbocycles. The van der Waals surface area contributed by atoms with Crippen LogP contribution in [0.15, 0.2) is 30.5 Å². The van der Waals surface area contributed by atoms with Gasteiger partial charge in [0.05, 0.1) is 24.4 Å². The molecule has 0 bridgehead atoms. The van der Waals surface area contributed by atoms with Crippen LogP contribution >= 0.6 is 0 Å². The Labute approximate surface area is 137 Å². The van der Waals surface area contributed by atoms with Crippen molar-refractivity contribution >= 4 is 22.8 Å². The van der Waals surface area contributed by atoms with Crippen molar-refractivity contribution in [2.45, 2.75) is 6.92 Å². The third kappa shape index (κ3) is 2.40. The van der Waals surface area contributed by atoms with Gasteiger partial charge in [0.2, 0.25) is 0 Å². The highest BCUT2D eigenvalue weighted by atomic mass is 16.5. The number of carbonyl (C=O) groups excluding carboxylic acids is 1. The number of carbonyl (C=O) groups is 2. The fourth-order valence-electron chi connectivity index (χ4n) is 2.62. The summed E-state index contributed by atoms with van der Waals surface area (Å²) in [6.45, 7) is 1.89. The number of hydrogen-bond acceptors (Lipinski definition) is 5. The van der Waals surface area contributed by atoms with E-state index in [9.17, 15) is 14.7 Å². The molecule has 0 atom stereocenters. The van der Waals surface area contributed by atoms with Crippen LogP contribution in [0.5, 0.6) is 0 Å². The number of fused-ring (bicyclic) bond motifs is 1. The quantitative estimate of drug-likeness (QED) is 0.743. The van der Waals surface area contributed by atoms with E-state index in [1.807, 2.05) is 6.92 Å². The predicted octanol–water partition coefficient (Wildman–Crippen LogP) is 2.43. The lowest BCUT2D eigenvalue weighted by Crippen LogP contribution is -2.07. The van der Waals surface area contributed by atoms with Crippen LogP contribution in [0, 0.1) is 6.92 Å². The van der Waals surface area contributed by atoms with Gasteiger partial charge in [-0.25, -0.2) is 14.6 Å². The SMILES string of the molecule is COC(=O)c1cccc2c(-c3cnn(C)c3C)cc(C(=O)O)nc12. The first kappa shape index (κ1) is 15.7. The highest BCUT2D eigenvalue weighted by Crippen LogP contribution is 2.32. The average Bonchev–Trinajstić information content (AvgIpc) is 2.91. The minimum atomic E-state index is -1.17. The summed E-state index contributed by atoms with van der Waals surface area (Å²) in [5.41, 5.74) is 2.70. The maximum atomic E-state index is 12.0. The number of carboxylic acids is 1. The van der Waals surface area contributed by atoms with Crippen LogP contribution in [0.4, 0.5) is 0 Å². The van der Waals surface area contributed by atoms with Crippen molar-refractivity contribution < 1.29 is 19.4 Å². The van der Waals surface area contributed by atoms with Crippen LogP contribution in [0.2, 0.25) is 0 Å². The number of para-hydroxylation sites is 1. The summed E-state index contributed by atoms with van der Waals surface area (Å²) in [6.07, 6.45) is 1.67. The van der Waals surface area contributed by atoms with Crippen molar-refractivity contribution in [3.63, 3.8) is 0 Å². The molecule has 3 aromatic rings. The summed E-state index contributed by atoms with van der Waals surface area (Å²) < 4.78 is 6.48. The minimum Gasteiger partial charge on any atom is -0.477 e. The molecule has 0 fully saturated rings. The summed E-state index contributed by atoms with van der Waals surface area (Å²) in [7, 11) is 3.08. The zero-order valence-electron chi connectivity index (χ0n) is 13.4. The molecule has 0 radical (unpaired) electrons. The number of aromatic nitrogens is 3. The molecule has 7 heteroatoms. The largest absolute Gasteiger partial charge is 0.477 e. The number of aryl methyl sites for hydroxylation is 1. The van der Waals surface area contributed by atoms with Crippen molar-refractivity contribution in [2.75, 3.05) is 7.11 Å². The van der Waals surface area contributed by atoms with Gasteiger partial charge in [-0.05, 0) is 24.6 Å². The Morgan fingerprint density at radius 1 is 1.25 bits per heavy atom. The molecule has 1 aromatic carbocycles. The normalized spacial score (nSPS) is 10.8. The summed E-state index contributed by atoms with van der Waals surface area (Å²) in [5, 5.41) is 14.2. The first-order valence-corrected chi connectivity index (χ1v) is 7.18. The zero-order chi connectivity index (χ0) is 17.4. The number of pyridine rings is 1. The van der Waals surface area contributed by atoms with E-state index in [0.29, 0.717) is 16.5 Å². The molecule has 2 heterocycles. The number of aromatic carboxylic acids is 1. The van der Waals surface area contributed by atoms with Crippen molar-refractivity contribution in [3.05, 3.63) is 47.4 Å². The van der Waals surface area contributed by atoms with Crippen LogP contribution in [-0.2, 0) is 11.8 Å². The second-order valence-corrected chi connectivity index (χ2v) is 5.32. The lowest BCUT2D eigenvalue weighted by atomic mass is 9.98. The van der Waals surface area contributed by atoms with Crippen molar-refractivity contribution in [1.29, 1.82) is 0 Å². The van der Waals surface area contributed by atoms with Crippen LogP contribution < -0.4 is 0 Å². The third-order valence-electron chi connectivity index (χ3n) is 3.99. The molecule has 0 aliphatic rings. The second-order valence-electron chi connectivity index (χ2n) is 5.32. The first-order chi connectivity index (χ1) is 11.4. The van der Waals surface area contributed by atoms with Crippen LogP contribution in [-0.4, -0.2) is 38.9 Å². The van der Waals surface area contributed by atoms with Gasteiger partial charge in [0.15, 0.2) is 0 Å². The fourth-order valence-corrected chi connectivity index (χ4v) is 2.62. The molecule has 0 spiro atoms. The van der Waals surface area contributed by atoms with Gasteiger partial charge in [0.25, 0.3) is 0 Å². The lowest BCUT2D eigenvalue weighted by molar-refractivity contribution is 0.0601. The zero-order valence-corrected chi connectivity index (χ0v) is 13.4. The molecule has 0 unspecified atom stereocenters. The van der Waals surface area contributed by atoms with E-state index in [4.69, 9.17) is 4.74 Å². The Morgan fingerprint density at radius 2 is 2.00 bits per heavy atom. The molecule has 0 aliphatic heterocycles. The van der Waals surface area contributed by atoms with E-state index < -0.39 is 11.9 Å². The number of hydrogen-bond donors (Lipinski definition) is 1. The molecule has 0 saturated heterocycles. The number of esters is 1. The number of rotatable bonds is 3. The van der Waals surface area contributed by atoms with Crippen molar-refractivity contribution in [3.8, 4) is 11.1 Å². The number of ether oxygens (including phenoxy) is 1. The molecule has 24 heavy (non-hydrogen) atoms. The smallest absolute Gasteiger partial charge is 0.354 e. The highest BCUT2D eigenvalue weighted by Gasteiger charge is 2.19. The molecular formula is C17H15N3O4. The predicted molar refractivity (Wildman–Crippen MR) is 87.0 cm³/mol. The number of benzene rings is 1. The molecule has 1 N–H and O–H groups in total. The minimum absolute atomic E-state index is 0.142. The van der Waals surface area contributed by atoms with Gasteiger partial charge in [0.1, 0.15) is 5.69 Å². The van der Waals surface area contributed by atoms with E-state index in [1.165, 1.54) is 13.2 Å². The van der Waals surface area contributed by atoms with E-state index >= 15 is 0 Å². The van der Waals surface area contributed by atoms with Crippen molar-refractivity contribution in [2.24, 2.45) is 7.05 Å². The molecule has 122 valence electrons. The standard InChI is InChI=1S/C17H15N3O4/c1-9-13(8-18-20(9)2)12-7-14(16(21)22)19-15-10(12)5-4-6-11(15)17(23)24-3/h4-8H,1-3H3,(H,21,22). The Morgan fingerprint density at radius 3 is 2.58 bits per heavy atom. The maximum absolute atomic E-state index is 12.0. The molecule has 2 aromatic heterocycles. The van der Waals surface area contributed by atoms with E-state index in [0.717, 1.165) is 11.3 Å². The van der Waals surface area contributed by atoms with Crippen LogP contribution in [0.1, 0.15) is 26.5 Å². The number of carboxylic acid groups (broad SMARTS) is 1. The Balaban J connectivity index is 2.42. The van der Waals surface area contributed by atoms with Gasteiger partial charge in [-0.2, -0.15) is 5.10 Å². The summed E-state index contributed by atoms with van der Waals surface area (Å²) in [6, 6.07) is 6.57. The molecule has 7 nitrogen and oxygen atoms in total. The van der Waals surface area contributed by atoms with E-state index in [2.05, 4.69) is 10.1 Å². The number of methoxy groups -OCH3 is 1. The maximum Gasteiger partial charge on any atom is 0.354 e. The van der Waals surface area contributed by atoms with Gasteiger partial charge in [0, 0.05) is 23.7 Å². The topological polar surface area (TPSA) is 94.3 Å². The lowest BCUT2D eigenvalue weighted by Gasteiger charge is -2.10. The van der Waals surface area contributed by atoms with Gasteiger partial charge in [-0.1, -0.05) is 12.1 Å². The molecule has 0 aliphatic carbocycles. The first-order valence-electron chi connectivity index (χ1n) is 7.18. The van der Waals surface area contributed by atoms with Gasteiger partial charge in [-0.15, -0.1) is 0 Å². The summed E-state index contributed by atoms with van der Waals surface area (Å²) in [5.74, 6) is -1.73. The van der Waals surface area contributed by atoms with Gasteiger partial charge in [-0.3, -0.25) is 4.68 Å². The monoisotopic (exact) mass is 325 g/mol. The van der Waals surface area contributed by atoms with Crippen molar-refractivity contribution in [1.82, 2.24) is 14.8 Å². The molecule has 3 rings (SSSR count). The fraction of sp³-hybridized carbons (Fsp3) is 0.176. The number of nitrogens with zero attached hydrogens (tertiary/aromatic N) is 3. The van der Waals surface area contributed by atoms with Gasteiger partial charge < -0.3 is 9.84 Å². The van der Waals surface area contributed by atoms with E-state index in [-0.39, 0.29) is 11.3 Å². The molecule has 0 amide bonds. The Kier molecular flexibility index (Phi) is 3.76. The van der Waals surface area contributed by atoms with E-state index in [1.54, 1.807) is 36.1 Å². The summed E-state index contributed by atoms with van der Waals surface area (Å²) in [4.78, 5) is 27.6. The van der Waals surface area contributed by atoms with Gasteiger partial charge >= 0.3 is 11.9 Å². The van der Waals surface area contributed by atoms with Crippen LogP contribution in [0.3, 0.4) is 0 Å². The van der Waals surface area contributed by atoms with Crippen LogP contribution in [0.25, 0.3) is 22.0 Å². The third-order valence-corrected chi connectivity index (χ3v) is 3.99. The Hall–Kier alpha value is -3.22. The summed E-state index contributed by atoms with van der Waals surface area (Å²) >= 11 is 0. The molecular weight excluding hydrogens is 310 g/mol. The Bertz CT molecular complexity index is 975. The highest BCUT2D eigenvalue weighted by molar-refractivity contribution is 6.08. The average molecular weight is 325 g/mol. The second kappa shape index (κ2) is 5.77.